The number of esters is 1. The molecule has 0 aliphatic rings. The fraction of sp³-hybridized carbons (Fsp3) is 0.167. The fourth-order valence-electron chi connectivity index (χ4n) is 3.75. The molecule has 30 heavy (non-hydrogen) atoms. The molecular formula is C24H22N2O4. The predicted molar refractivity (Wildman–Crippen MR) is 116 cm³/mol. The van der Waals surface area contributed by atoms with E-state index < -0.39 is 11.9 Å². The quantitative estimate of drug-likeness (QED) is 0.476. The predicted octanol–water partition coefficient (Wildman–Crippen LogP) is 3.88. The third kappa shape index (κ3) is 3.59. The zero-order valence-electron chi connectivity index (χ0n) is 16.6. The molecule has 0 bridgehead atoms. The summed E-state index contributed by atoms with van der Waals surface area (Å²) in [5, 5.41) is 1.47. The van der Waals surface area contributed by atoms with Gasteiger partial charge < -0.3 is 19.8 Å². The molecule has 1 aromatic heterocycles. The number of ether oxygens (including phenoxy) is 2. The summed E-state index contributed by atoms with van der Waals surface area (Å²) < 4.78 is 12.9. The van der Waals surface area contributed by atoms with Crippen LogP contribution in [-0.4, -0.2) is 29.7 Å². The second-order valence-electron chi connectivity index (χ2n) is 6.88. The molecule has 152 valence electrons. The van der Waals surface area contributed by atoms with Gasteiger partial charge in [0, 0.05) is 17.5 Å². The van der Waals surface area contributed by atoms with Gasteiger partial charge in [-0.25, -0.2) is 4.79 Å². The minimum Gasteiger partial charge on any atom is -0.481 e. The van der Waals surface area contributed by atoms with E-state index in [1.807, 2.05) is 42.5 Å². The number of carbonyl (C=O) groups is 2. The molecule has 2 N–H and O–H groups in total. The number of rotatable bonds is 7. The van der Waals surface area contributed by atoms with Crippen LogP contribution in [0, 0.1) is 0 Å². The third-order valence-electron chi connectivity index (χ3n) is 4.98. The molecule has 4 aromatic rings. The normalized spacial score (nSPS) is 11.0. The Hall–Kier alpha value is -3.80. The Balaban J connectivity index is 1.93. The van der Waals surface area contributed by atoms with Crippen molar-refractivity contribution in [2.75, 3.05) is 13.2 Å². The molecule has 0 aliphatic carbocycles. The summed E-state index contributed by atoms with van der Waals surface area (Å²) in [6.07, 6.45) is 0. The van der Waals surface area contributed by atoms with Crippen molar-refractivity contribution in [1.82, 2.24) is 4.57 Å². The highest BCUT2D eigenvalue weighted by atomic mass is 16.6. The van der Waals surface area contributed by atoms with E-state index in [2.05, 4.69) is 16.7 Å². The van der Waals surface area contributed by atoms with Gasteiger partial charge in [-0.15, -0.1) is 0 Å². The van der Waals surface area contributed by atoms with Gasteiger partial charge in [-0.1, -0.05) is 42.5 Å². The van der Waals surface area contributed by atoms with E-state index in [4.69, 9.17) is 15.2 Å². The fourth-order valence-corrected chi connectivity index (χ4v) is 3.75. The van der Waals surface area contributed by atoms with Crippen LogP contribution < -0.4 is 10.5 Å². The molecule has 0 fully saturated rings. The van der Waals surface area contributed by atoms with Gasteiger partial charge in [-0.3, -0.25) is 4.79 Å². The summed E-state index contributed by atoms with van der Waals surface area (Å²) in [7, 11) is 0. The van der Waals surface area contributed by atoms with Gasteiger partial charge in [0.25, 0.3) is 0 Å². The molecule has 0 aliphatic heterocycles. The molecule has 6 nitrogen and oxygen atoms in total. The Morgan fingerprint density at radius 2 is 1.60 bits per heavy atom. The first-order valence-corrected chi connectivity index (χ1v) is 9.76. The van der Waals surface area contributed by atoms with E-state index in [-0.39, 0.29) is 13.2 Å². The maximum atomic E-state index is 12.2. The van der Waals surface area contributed by atoms with Gasteiger partial charge >= 0.3 is 5.97 Å². The van der Waals surface area contributed by atoms with Crippen LogP contribution in [0.4, 0.5) is 0 Å². The van der Waals surface area contributed by atoms with Crippen LogP contribution in [0.5, 0.6) is 5.75 Å². The molecule has 0 atom stereocenters. The Kier molecular flexibility index (Phi) is 5.39. The van der Waals surface area contributed by atoms with Crippen molar-refractivity contribution in [2.45, 2.75) is 13.5 Å². The zero-order chi connectivity index (χ0) is 21.1. The van der Waals surface area contributed by atoms with Gasteiger partial charge in [-0.2, -0.15) is 0 Å². The number of nitrogens with zero attached hydrogens (tertiary/aromatic N) is 1. The third-order valence-corrected chi connectivity index (χ3v) is 4.98. The Bertz CT molecular complexity index is 1230. The van der Waals surface area contributed by atoms with Crippen LogP contribution >= 0.6 is 0 Å². The first-order chi connectivity index (χ1) is 14.6. The maximum Gasteiger partial charge on any atom is 0.344 e. The minimum atomic E-state index is -0.514. The number of primary amides is 1. The number of hydrogen-bond donors (Lipinski definition) is 1. The van der Waals surface area contributed by atoms with Gasteiger partial charge in [0.15, 0.2) is 6.61 Å². The second-order valence-corrected chi connectivity index (χ2v) is 6.88. The SMILES string of the molecule is CCOC(=O)COc1cccc2c1c1c(C(N)=O)cccc1n2Cc1ccccc1. The van der Waals surface area contributed by atoms with Crippen LogP contribution in [0.2, 0.25) is 0 Å². The summed E-state index contributed by atoms with van der Waals surface area (Å²) >= 11 is 0. The lowest BCUT2D eigenvalue weighted by Gasteiger charge is -2.09. The maximum absolute atomic E-state index is 12.2. The number of fused-ring (bicyclic) bond motifs is 3. The topological polar surface area (TPSA) is 83.6 Å². The van der Waals surface area contributed by atoms with Crippen LogP contribution in [0.3, 0.4) is 0 Å². The molecule has 0 saturated carbocycles. The van der Waals surface area contributed by atoms with Crippen LogP contribution in [0.1, 0.15) is 22.8 Å². The smallest absolute Gasteiger partial charge is 0.344 e. The summed E-state index contributed by atoms with van der Waals surface area (Å²) in [5.41, 5.74) is 8.98. The molecule has 1 amide bonds. The van der Waals surface area contributed by atoms with Crippen molar-refractivity contribution >= 4 is 33.7 Å². The largest absolute Gasteiger partial charge is 0.481 e. The minimum absolute atomic E-state index is 0.211. The van der Waals surface area contributed by atoms with Gasteiger partial charge in [0.2, 0.25) is 5.91 Å². The number of aromatic nitrogens is 1. The van der Waals surface area contributed by atoms with Crippen LogP contribution in [0.15, 0.2) is 66.7 Å². The van der Waals surface area contributed by atoms with E-state index in [0.29, 0.717) is 17.9 Å². The lowest BCUT2D eigenvalue weighted by Crippen LogP contribution is -2.14. The highest BCUT2D eigenvalue weighted by Crippen LogP contribution is 2.38. The molecule has 0 radical (unpaired) electrons. The Morgan fingerprint density at radius 1 is 0.900 bits per heavy atom. The summed E-state index contributed by atoms with van der Waals surface area (Å²) in [4.78, 5) is 24.0. The first-order valence-electron chi connectivity index (χ1n) is 9.76. The van der Waals surface area contributed by atoms with E-state index in [9.17, 15) is 9.59 Å². The summed E-state index contributed by atoms with van der Waals surface area (Å²) in [6, 6.07) is 21.2. The first kappa shape index (κ1) is 19.5. The lowest BCUT2D eigenvalue weighted by molar-refractivity contribution is -0.145. The number of nitrogens with two attached hydrogens (primary N) is 1. The monoisotopic (exact) mass is 402 g/mol. The molecule has 0 saturated heterocycles. The highest BCUT2D eigenvalue weighted by molar-refractivity contribution is 6.19. The average Bonchev–Trinajstić information content (AvgIpc) is 3.07. The highest BCUT2D eigenvalue weighted by Gasteiger charge is 2.20. The summed E-state index contributed by atoms with van der Waals surface area (Å²) in [5.74, 6) is -0.455. The summed E-state index contributed by atoms with van der Waals surface area (Å²) in [6.45, 7) is 2.44. The number of hydrogen-bond acceptors (Lipinski definition) is 4. The number of carbonyl (C=O) groups excluding carboxylic acids is 2. The number of amides is 1. The van der Waals surface area contributed by atoms with E-state index in [0.717, 1.165) is 27.4 Å². The van der Waals surface area contributed by atoms with Crippen molar-refractivity contribution in [3.63, 3.8) is 0 Å². The number of benzene rings is 3. The van der Waals surface area contributed by atoms with Gasteiger partial charge in [0.1, 0.15) is 5.75 Å². The van der Waals surface area contributed by atoms with Crippen molar-refractivity contribution < 1.29 is 19.1 Å². The standard InChI is InChI=1S/C24H22N2O4/c1-2-29-21(27)15-30-20-13-7-12-19-23(20)22-17(24(25)28)10-6-11-18(22)26(19)14-16-8-4-3-5-9-16/h3-13H,2,14-15H2,1H3,(H2,25,28). The van der Waals surface area contributed by atoms with Gasteiger partial charge in [0.05, 0.1) is 23.0 Å². The van der Waals surface area contributed by atoms with Crippen molar-refractivity contribution in [3.05, 3.63) is 77.9 Å². The van der Waals surface area contributed by atoms with Gasteiger partial charge in [-0.05, 0) is 36.8 Å². The Labute approximate surface area is 173 Å². The Morgan fingerprint density at radius 3 is 2.30 bits per heavy atom. The van der Waals surface area contributed by atoms with E-state index >= 15 is 0 Å². The average molecular weight is 402 g/mol. The molecule has 0 unspecified atom stereocenters. The molecule has 1 heterocycles. The van der Waals surface area contributed by atoms with Crippen molar-refractivity contribution in [1.29, 1.82) is 0 Å². The second kappa shape index (κ2) is 8.29. The van der Waals surface area contributed by atoms with Crippen LogP contribution in [-0.2, 0) is 16.1 Å². The molecule has 0 spiro atoms. The van der Waals surface area contributed by atoms with Crippen LogP contribution in [0.25, 0.3) is 21.8 Å². The molecule has 4 rings (SSSR count). The molecule has 6 heteroatoms. The van der Waals surface area contributed by atoms with Crippen molar-refractivity contribution in [2.24, 2.45) is 5.73 Å². The van der Waals surface area contributed by atoms with E-state index in [1.165, 1.54) is 0 Å². The lowest BCUT2D eigenvalue weighted by atomic mass is 10.1. The zero-order valence-corrected chi connectivity index (χ0v) is 16.6. The molecular weight excluding hydrogens is 380 g/mol. The molecule has 3 aromatic carbocycles. The van der Waals surface area contributed by atoms with Crippen molar-refractivity contribution in [3.8, 4) is 5.75 Å². The van der Waals surface area contributed by atoms with E-state index in [1.54, 1.807) is 19.1 Å².